The van der Waals surface area contributed by atoms with Crippen molar-refractivity contribution < 1.29 is 9.59 Å². The molecule has 1 aromatic rings. The molecule has 2 amide bonds. The van der Waals surface area contributed by atoms with Crippen LogP contribution in [0.3, 0.4) is 0 Å². The van der Waals surface area contributed by atoms with E-state index in [0.717, 1.165) is 13.1 Å². The zero-order valence-electron chi connectivity index (χ0n) is 10.4. The smallest absolute Gasteiger partial charge is 0.246 e. The Morgan fingerprint density at radius 1 is 1.17 bits per heavy atom. The number of carbonyl (C=O) groups is 2. The van der Waals surface area contributed by atoms with E-state index in [9.17, 15) is 9.59 Å². The lowest BCUT2D eigenvalue weighted by molar-refractivity contribution is -0.143. The molecule has 1 aromatic carbocycles. The zero-order chi connectivity index (χ0) is 12.8. The van der Waals surface area contributed by atoms with Crippen molar-refractivity contribution >= 4 is 11.8 Å². The summed E-state index contributed by atoms with van der Waals surface area (Å²) in [5, 5.41) is 2.45. The van der Waals surface area contributed by atoms with Gasteiger partial charge in [-0.2, -0.15) is 0 Å². The Labute approximate surface area is 106 Å². The van der Waals surface area contributed by atoms with E-state index in [1.54, 1.807) is 0 Å². The van der Waals surface area contributed by atoms with Gasteiger partial charge in [-0.15, -0.1) is 0 Å². The number of fused-ring (bicyclic) bond motifs is 1. The highest BCUT2D eigenvalue weighted by atomic mass is 16.2. The SMILES string of the molecule is C[C@]1(N2Cc3ccccc3C2)CCC(=O)NC1=O. The van der Waals surface area contributed by atoms with Gasteiger partial charge in [-0.3, -0.25) is 19.8 Å². The van der Waals surface area contributed by atoms with E-state index in [0.29, 0.717) is 12.8 Å². The normalized spacial score (nSPS) is 28.1. The second-order valence-electron chi connectivity index (χ2n) is 5.28. The Morgan fingerprint density at radius 2 is 1.78 bits per heavy atom. The summed E-state index contributed by atoms with van der Waals surface area (Å²) in [5.41, 5.74) is 2.00. The molecular weight excluding hydrogens is 228 g/mol. The average molecular weight is 244 g/mol. The summed E-state index contributed by atoms with van der Waals surface area (Å²) in [5.74, 6) is -0.319. The van der Waals surface area contributed by atoms with E-state index in [2.05, 4.69) is 22.3 Å². The van der Waals surface area contributed by atoms with Gasteiger partial charge in [0.15, 0.2) is 0 Å². The number of nitrogens with one attached hydrogen (secondary N) is 1. The van der Waals surface area contributed by atoms with Gasteiger partial charge in [0.2, 0.25) is 11.8 Å². The molecule has 0 unspecified atom stereocenters. The molecule has 0 bridgehead atoms. The summed E-state index contributed by atoms with van der Waals surface area (Å²) < 4.78 is 0. The van der Waals surface area contributed by atoms with Gasteiger partial charge < -0.3 is 0 Å². The van der Waals surface area contributed by atoms with Crippen LogP contribution < -0.4 is 5.32 Å². The van der Waals surface area contributed by atoms with E-state index in [-0.39, 0.29) is 11.8 Å². The van der Waals surface area contributed by atoms with E-state index >= 15 is 0 Å². The van der Waals surface area contributed by atoms with Gasteiger partial charge in [0.25, 0.3) is 0 Å². The Kier molecular flexibility index (Phi) is 2.48. The largest absolute Gasteiger partial charge is 0.295 e. The second kappa shape index (κ2) is 3.92. The van der Waals surface area contributed by atoms with Crippen LogP contribution in [0.25, 0.3) is 0 Å². The minimum atomic E-state index is -0.563. The highest BCUT2D eigenvalue weighted by Crippen LogP contribution is 2.33. The number of hydrogen-bond donors (Lipinski definition) is 1. The summed E-state index contributed by atoms with van der Waals surface area (Å²) in [7, 11) is 0. The number of hydrogen-bond acceptors (Lipinski definition) is 3. The fraction of sp³-hybridized carbons (Fsp3) is 0.429. The molecule has 1 atom stereocenters. The topological polar surface area (TPSA) is 49.4 Å². The third kappa shape index (κ3) is 1.64. The summed E-state index contributed by atoms with van der Waals surface area (Å²) >= 11 is 0. The maximum atomic E-state index is 12.1. The van der Waals surface area contributed by atoms with Crippen LogP contribution in [0.1, 0.15) is 30.9 Å². The zero-order valence-corrected chi connectivity index (χ0v) is 10.4. The molecule has 94 valence electrons. The molecule has 0 aromatic heterocycles. The number of nitrogens with zero attached hydrogens (tertiary/aromatic N) is 1. The summed E-state index contributed by atoms with van der Waals surface area (Å²) in [6.45, 7) is 3.50. The molecule has 0 aliphatic carbocycles. The number of rotatable bonds is 1. The van der Waals surface area contributed by atoms with Crippen LogP contribution in [0.2, 0.25) is 0 Å². The Morgan fingerprint density at radius 3 is 2.33 bits per heavy atom. The molecule has 1 fully saturated rings. The van der Waals surface area contributed by atoms with Crippen LogP contribution in [-0.4, -0.2) is 22.3 Å². The first kappa shape index (κ1) is 11.4. The van der Waals surface area contributed by atoms with E-state index in [4.69, 9.17) is 0 Å². The fourth-order valence-electron chi connectivity index (χ4n) is 2.78. The predicted molar refractivity (Wildman–Crippen MR) is 66.5 cm³/mol. The van der Waals surface area contributed by atoms with Gasteiger partial charge in [-0.25, -0.2) is 0 Å². The van der Waals surface area contributed by atoms with Crippen LogP contribution in [0.4, 0.5) is 0 Å². The molecule has 0 spiro atoms. The lowest BCUT2D eigenvalue weighted by Gasteiger charge is -2.39. The molecule has 2 aliphatic rings. The molecule has 2 heterocycles. The molecule has 4 heteroatoms. The number of amides is 2. The van der Waals surface area contributed by atoms with Crippen LogP contribution >= 0.6 is 0 Å². The van der Waals surface area contributed by atoms with E-state index < -0.39 is 5.54 Å². The molecule has 0 radical (unpaired) electrons. The van der Waals surface area contributed by atoms with Gasteiger partial charge in [-0.1, -0.05) is 24.3 Å². The third-order valence-electron chi connectivity index (χ3n) is 4.12. The highest BCUT2D eigenvalue weighted by molar-refractivity contribution is 6.02. The van der Waals surface area contributed by atoms with Crippen LogP contribution in [0.15, 0.2) is 24.3 Å². The first-order chi connectivity index (χ1) is 8.59. The van der Waals surface area contributed by atoms with Gasteiger partial charge in [0.1, 0.15) is 0 Å². The molecule has 1 N–H and O–H groups in total. The maximum absolute atomic E-state index is 12.1. The molecule has 4 nitrogen and oxygen atoms in total. The van der Waals surface area contributed by atoms with Crippen LogP contribution in [0, 0.1) is 0 Å². The van der Waals surface area contributed by atoms with Crippen molar-refractivity contribution in [3.05, 3.63) is 35.4 Å². The minimum Gasteiger partial charge on any atom is -0.295 e. The van der Waals surface area contributed by atoms with E-state index in [1.165, 1.54) is 11.1 Å². The average Bonchev–Trinajstić information content (AvgIpc) is 2.78. The monoisotopic (exact) mass is 244 g/mol. The van der Waals surface area contributed by atoms with Gasteiger partial charge in [-0.05, 0) is 24.5 Å². The van der Waals surface area contributed by atoms with Crippen molar-refractivity contribution in [3.63, 3.8) is 0 Å². The number of imide groups is 1. The summed E-state index contributed by atoms with van der Waals surface area (Å²) in [6, 6.07) is 8.25. The third-order valence-corrected chi connectivity index (χ3v) is 4.12. The lowest BCUT2D eigenvalue weighted by atomic mass is 9.89. The molecular formula is C14H16N2O2. The molecule has 3 rings (SSSR count). The molecule has 1 saturated heterocycles. The second-order valence-corrected chi connectivity index (χ2v) is 5.28. The van der Waals surface area contributed by atoms with E-state index in [1.807, 2.05) is 19.1 Å². The molecule has 2 aliphatic heterocycles. The van der Waals surface area contributed by atoms with Crippen molar-refractivity contribution in [1.29, 1.82) is 0 Å². The van der Waals surface area contributed by atoms with Crippen molar-refractivity contribution in [2.75, 3.05) is 0 Å². The van der Waals surface area contributed by atoms with Gasteiger partial charge >= 0.3 is 0 Å². The number of benzene rings is 1. The van der Waals surface area contributed by atoms with Crippen molar-refractivity contribution in [2.24, 2.45) is 0 Å². The fourth-order valence-corrected chi connectivity index (χ4v) is 2.78. The van der Waals surface area contributed by atoms with Crippen molar-refractivity contribution in [2.45, 2.75) is 38.4 Å². The van der Waals surface area contributed by atoms with Gasteiger partial charge in [0, 0.05) is 19.5 Å². The highest BCUT2D eigenvalue weighted by Gasteiger charge is 2.44. The summed E-state index contributed by atoms with van der Waals surface area (Å²) in [4.78, 5) is 25.5. The first-order valence-electron chi connectivity index (χ1n) is 6.26. The maximum Gasteiger partial charge on any atom is 0.246 e. The summed E-state index contributed by atoms with van der Waals surface area (Å²) in [6.07, 6.45) is 1.03. The Bertz CT molecular complexity index is 501. The van der Waals surface area contributed by atoms with Crippen molar-refractivity contribution in [3.8, 4) is 0 Å². The predicted octanol–water partition coefficient (Wildman–Crippen LogP) is 1.20. The van der Waals surface area contributed by atoms with Crippen molar-refractivity contribution in [1.82, 2.24) is 10.2 Å². The lowest BCUT2D eigenvalue weighted by Crippen LogP contribution is -2.59. The van der Waals surface area contributed by atoms with Crippen LogP contribution in [-0.2, 0) is 22.7 Å². The number of carbonyl (C=O) groups excluding carboxylic acids is 2. The Balaban J connectivity index is 1.85. The van der Waals surface area contributed by atoms with Crippen LogP contribution in [0.5, 0.6) is 0 Å². The molecule has 0 saturated carbocycles. The first-order valence-corrected chi connectivity index (χ1v) is 6.26. The standard InChI is InChI=1S/C14H16N2O2/c1-14(7-6-12(17)15-13(14)18)16-8-10-4-2-3-5-11(10)9-16/h2-5H,6-9H2,1H3,(H,15,17,18)/t14-/m0/s1. The van der Waals surface area contributed by atoms with Gasteiger partial charge in [0.05, 0.1) is 5.54 Å². The Hall–Kier alpha value is -1.68. The minimum absolute atomic E-state index is 0.158. The quantitative estimate of drug-likeness (QED) is 0.755. The number of piperidine rings is 1. The molecule has 18 heavy (non-hydrogen) atoms.